The van der Waals surface area contributed by atoms with Gasteiger partial charge in [-0.3, -0.25) is 9.69 Å². The highest BCUT2D eigenvalue weighted by Gasteiger charge is 2.20. The molecular weight excluding hydrogens is 392 g/mol. The average molecular weight is 416 g/mol. The summed E-state index contributed by atoms with van der Waals surface area (Å²) in [5.41, 5.74) is 3.87. The number of nitrogens with one attached hydrogen (secondary N) is 1. The summed E-state index contributed by atoms with van der Waals surface area (Å²) in [7, 11) is 0. The number of aromatic nitrogens is 2. The molecule has 1 aliphatic heterocycles. The Balaban J connectivity index is 1.43. The van der Waals surface area contributed by atoms with Gasteiger partial charge in [-0.2, -0.15) is 0 Å². The van der Waals surface area contributed by atoms with Crippen molar-refractivity contribution >= 4 is 22.7 Å². The fraction of sp³-hybridized carbons (Fsp3) is 0.292. The number of carbonyl (C=O) groups excluding carboxylic acids is 1. The molecule has 31 heavy (non-hydrogen) atoms. The van der Waals surface area contributed by atoms with Crippen LogP contribution >= 0.6 is 0 Å². The van der Waals surface area contributed by atoms with Crippen molar-refractivity contribution in [2.45, 2.75) is 32.7 Å². The van der Waals surface area contributed by atoms with E-state index >= 15 is 0 Å². The third-order valence-electron chi connectivity index (χ3n) is 5.68. The second-order valence-electron chi connectivity index (χ2n) is 7.97. The Labute approximate surface area is 180 Å². The van der Waals surface area contributed by atoms with Gasteiger partial charge in [0.1, 0.15) is 5.69 Å². The van der Waals surface area contributed by atoms with E-state index in [0.717, 1.165) is 25.3 Å². The largest absolute Gasteiger partial charge is 0.463 e. The molecule has 7 heteroatoms. The molecule has 1 aliphatic rings. The van der Waals surface area contributed by atoms with Crippen molar-refractivity contribution in [3.8, 4) is 11.5 Å². The Bertz CT molecular complexity index is 1210. The van der Waals surface area contributed by atoms with Crippen LogP contribution in [0.5, 0.6) is 0 Å². The van der Waals surface area contributed by atoms with E-state index in [2.05, 4.69) is 26.4 Å². The van der Waals surface area contributed by atoms with Crippen LogP contribution in [0, 0.1) is 6.92 Å². The third kappa shape index (κ3) is 4.09. The van der Waals surface area contributed by atoms with E-state index in [1.165, 1.54) is 24.8 Å². The van der Waals surface area contributed by atoms with Gasteiger partial charge in [-0.05, 0) is 68.8 Å². The van der Waals surface area contributed by atoms with E-state index < -0.39 is 0 Å². The molecule has 1 fully saturated rings. The van der Waals surface area contributed by atoms with Crippen LogP contribution in [0.15, 0.2) is 57.7 Å². The number of piperidine rings is 1. The number of furan rings is 1. The first-order chi connectivity index (χ1) is 15.2. The quantitative estimate of drug-likeness (QED) is 0.491. The molecule has 5 rings (SSSR count). The van der Waals surface area contributed by atoms with Crippen molar-refractivity contribution < 1.29 is 13.7 Å². The molecule has 0 spiro atoms. The molecule has 0 radical (unpaired) electrons. The van der Waals surface area contributed by atoms with Gasteiger partial charge in [-0.15, -0.1) is 0 Å². The van der Waals surface area contributed by atoms with Gasteiger partial charge in [0, 0.05) is 12.2 Å². The molecule has 4 heterocycles. The van der Waals surface area contributed by atoms with Crippen LogP contribution in [0.2, 0.25) is 0 Å². The van der Waals surface area contributed by atoms with Crippen molar-refractivity contribution in [3.05, 3.63) is 65.5 Å². The second-order valence-corrected chi connectivity index (χ2v) is 7.97. The van der Waals surface area contributed by atoms with Crippen molar-refractivity contribution in [1.82, 2.24) is 15.0 Å². The predicted octanol–water partition coefficient (Wildman–Crippen LogP) is 5.03. The number of carbonyl (C=O) groups is 1. The molecular formula is C24H24N4O3. The Kier molecular flexibility index (Phi) is 5.26. The Morgan fingerprint density at radius 3 is 2.81 bits per heavy atom. The van der Waals surface area contributed by atoms with Crippen molar-refractivity contribution in [2.75, 3.05) is 18.4 Å². The maximum absolute atomic E-state index is 13.3. The summed E-state index contributed by atoms with van der Waals surface area (Å²) in [5, 5.41) is 7.63. The summed E-state index contributed by atoms with van der Waals surface area (Å²) in [5.74, 6) is 0.329. The van der Waals surface area contributed by atoms with Gasteiger partial charge in [-0.1, -0.05) is 23.7 Å². The zero-order valence-corrected chi connectivity index (χ0v) is 17.4. The van der Waals surface area contributed by atoms with Crippen molar-refractivity contribution in [3.63, 3.8) is 0 Å². The number of nitrogens with zero attached hydrogens (tertiary/aromatic N) is 3. The van der Waals surface area contributed by atoms with E-state index in [4.69, 9.17) is 8.94 Å². The number of benzene rings is 1. The number of likely N-dealkylation sites (tertiary alicyclic amines) is 1. The summed E-state index contributed by atoms with van der Waals surface area (Å²) in [6.45, 7) is 4.97. The molecule has 4 aromatic rings. The van der Waals surface area contributed by atoms with Crippen LogP contribution in [0.4, 0.5) is 5.69 Å². The van der Waals surface area contributed by atoms with Gasteiger partial charge in [0.05, 0.1) is 22.9 Å². The lowest BCUT2D eigenvalue weighted by Gasteiger charge is -2.26. The lowest BCUT2D eigenvalue weighted by atomic mass is 10.1. The van der Waals surface area contributed by atoms with Gasteiger partial charge in [0.2, 0.25) is 0 Å². The van der Waals surface area contributed by atoms with Crippen LogP contribution in [0.1, 0.15) is 40.9 Å². The number of hydrogen-bond acceptors (Lipinski definition) is 6. The zero-order valence-electron chi connectivity index (χ0n) is 17.4. The molecule has 1 aromatic carbocycles. The number of amides is 1. The van der Waals surface area contributed by atoms with Crippen LogP contribution in [-0.4, -0.2) is 34.0 Å². The number of fused-ring (bicyclic) bond motifs is 1. The number of rotatable bonds is 5. The Morgan fingerprint density at radius 2 is 2.00 bits per heavy atom. The highest BCUT2D eigenvalue weighted by molar-refractivity contribution is 6.13. The maximum Gasteiger partial charge on any atom is 0.259 e. The summed E-state index contributed by atoms with van der Waals surface area (Å²) < 4.78 is 10.8. The van der Waals surface area contributed by atoms with Gasteiger partial charge in [0.25, 0.3) is 11.6 Å². The molecule has 1 saturated heterocycles. The standard InChI is InChI=1S/C24H24N4O3/c1-16-22-19(14-20(21-9-6-12-30-21)26-24(22)31-27-16)23(29)25-18-8-5-7-17(13-18)15-28-10-3-2-4-11-28/h5-9,12-14H,2-4,10-11,15H2,1H3,(H,25,29). The van der Waals surface area contributed by atoms with Gasteiger partial charge >= 0.3 is 0 Å². The van der Waals surface area contributed by atoms with Gasteiger partial charge in [-0.25, -0.2) is 4.98 Å². The predicted molar refractivity (Wildman–Crippen MR) is 118 cm³/mol. The zero-order chi connectivity index (χ0) is 21.2. The maximum atomic E-state index is 13.3. The fourth-order valence-electron chi connectivity index (χ4n) is 4.15. The molecule has 3 aromatic heterocycles. The first-order valence-electron chi connectivity index (χ1n) is 10.6. The van der Waals surface area contributed by atoms with Crippen LogP contribution in [0.3, 0.4) is 0 Å². The molecule has 0 bridgehead atoms. The van der Waals surface area contributed by atoms with E-state index in [0.29, 0.717) is 33.8 Å². The number of anilines is 1. The Hall–Kier alpha value is -3.45. The van der Waals surface area contributed by atoms with Gasteiger partial charge < -0.3 is 14.3 Å². The number of hydrogen-bond donors (Lipinski definition) is 1. The molecule has 1 amide bonds. The van der Waals surface area contributed by atoms with E-state index in [1.807, 2.05) is 18.2 Å². The minimum Gasteiger partial charge on any atom is -0.463 e. The number of aryl methyl sites for hydroxylation is 1. The van der Waals surface area contributed by atoms with Crippen molar-refractivity contribution in [2.24, 2.45) is 0 Å². The lowest BCUT2D eigenvalue weighted by Crippen LogP contribution is -2.29. The summed E-state index contributed by atoms with van der Waals surface area (Å²) in [4.78, 5) is 20.2. The second kappa shape index (κ2) is 8.35. The molecule has 0 unspecified atom stereocenters. The fourth-order valence-corrected chi connectivity index (χ4v) is 4.15. The third-order valence-corrected chi connectivity index (χ3v) is 5.68. The minimum atomic E-state index is -0.235. The van der Waals surface area contributed by atoms with E-state index in [-0.39, 0.29) is 5.91 Å². The highest BCUT2D eigenvalue weighted by atomic mass is 16.5. The van der Waals surface area contributed by atoms with Crippen LogP contribution in [-0.2, 0) is 6.54 Å². The first-order valence-corrected chi connectivity index (χ1v) is 10.6. The van der Waals surface area contributed by atoms with Crippen LogP contribution in [0.25, 0.3) is 22.6 Å². The molecule has 0 atom stereocenters. The lowest BCUT2D eigenvalue weighted by molar-refractivity contribution is 0.102. The van der Waals surface area contributed by atoms with Gasteiger partial charge in [0.15, 0.2) is 5.76 Å². The van der Waals surface area contributed by atoms with Crippen LogP contribution < -0.4 is 5.32 Å². The highest BCUT2D eigenvalue weighted by Crippen LogP contribution is 2.28. The topological polar surface area (TPSA) is 84.4 Å². The normalized spacial score (nSPS) is 14.7. The SMILES string of the molecule is Cc1noc2nc(-c3ccco3)cc(C(=O)Nc3cccc(CN4CCCCC4)c3)c12. The minimum absolute atomic E-state index is 0.235. The molecule has 158 valence electrons. The molecule has 0 saturated carbocycles. The molecule has 1 N–H and O–H groups in total. The molecule has 7 nitrogen and oxygen atoms in total. The first kappa shape index (κ1) is 19.5. The number of pyridine rings is 1. The van der Waals surface area contributed by atoms with E-state index in [9.17, 15) is 4.79 Å². The summed E-state index contributed by atoms with van der Waals surface area (Å²) in [6, 6.07) is 13.3. The smallest absolute Gasteiger partial charge is 0.259 e. The van der Waals surface area contributed by atoms with Crippen molar-refractivity contribution in [1.29, 1.82) is 0 Å². The Morgan fingerprint density at radius 1 is 1.13 bits per heavy atom. The summed E-state index contributed by atoms with van der Waals surface area (Å²) >= 11 is 0. The average Bonchev–Trinajstić information content (AvgIpc) is 3.45. The van der Waals surface area contributed by atoms with E-state index in [1.54, 1.807) is 31.4 Å². The summed E-state index contributed by atoms with van der Waals surface area (Å²) in [6.07, 6.45) is 5.39. The monoisotopic (exact) mass is 416 g/mol. The molecule has 0 aliphatic carbocycles.